The van der Waals surface area contributed by atoms with Crippen molar-refractivity contribution in [2.24, 2.45) is 10.7 Å². The molecule has 2 fully saturated rings. The van der Waals surface area contributed by atoms with Crippen LogP contribution in [0.4, 0.5) is 10.1 Å². The van der Waals surface area contributed by atoms with Gasteiger partial charge in [-0.2, -0.15) is 0 Å². The van der Waals surface area contributed by atoms with Crippen molar-refractivity contribution in [2.45, 2.75) is 19.3 Å². The third kappa shape index (κ3) is 4.61. The summed E-state index contributed by atoms with van der Waals surface area (Å²) in [5.41, 5.74) is 7.10. The number of rotatable bonds is 4. The van der Waals surface area contributed by atoms with Gasteiger partial charge in [-0.1, -0.05) is 0 Å². The Morgan fingerprint density at radius 1 is 1.00 bits per heavy atom. The molecule has 2 aliphatic heterocycles. The van der Waals surface area contributed by atoms with Crippen LogP contribution in [0.25, 0.3) is 0 Å². The van der Waals surface area contributed by atoms with Crippen molar-refractivity contribution < 1.29 is 9.18 Å². The highest BCUT2D eigenvalue weighted by Crippen LogP contribution is 2.16. The number of likely N-dealkylation sites (tertiary alicyclic amines) is 1. The zero-order valence-electron chi connectivity index (χ0n) is 14.5. The third-order valence-electron chi connectivity index (χ3n) is 4.85. The Morgan fingerprint density at radius 2 is 1.64 bits per heavy atom. The molecule has 2 heterocycles. The largest absolute Gasteiger partial charge is 0.370 e. The second-order valence-corrected chi connectivity index (χ2v) is 6.53. The van der Waals surface area contributed by atoms with Crippen molar-refractivity contribution in [2.75, 3.05) is 50.7 Å². The van der Waals surface area contributed by atoms with E-state index in [9.17, 15) is 9.18 Å². The molecular weight excluding hydrogens is 321 g/mol. The van der Waals surface area contributed by atoms with Gasteiger partial charge in [0.05, 0.1) is 6.54 Å². The SMILES string of the molecule is NC(=NCCC(=O)N1CCCC1)N1CCN(c2ccc(F)cc2)CC1. The topological polar surface area (TPSA) is 65.2 Å². The molecule has 2 N–H and O–H groups in total. The number of carbonyl (C=O) groups is 1. The lowest BCUT2D eigenvalue weighted by Gasteiger charge is -2.36. The van der Waals surface area contributed by atoms with Crippen molar-refractivity contribution in [1.29, 1.82) is 0 Å². The first kappa shape index (κ1) is 17.5. The number of hydrogen-bond acceptors (Lipinski definition) is 3. The molecule has 6 nitrogen and oxygen atoms in total. The fourth-order valence-corrected chi connectivity index (χ4v) is 3.34. The van der Waals surface area contributed by atoms with E-state index in [1.807, 2.05) is 9.80 Å². The first-order chi connectivity index (χ1) is 12.1. The van der Waals surface area contributed by atoms with Gasteiger partial charge in [0.2, 0.25) is 5.91 Å². The Bertz CT molecular complexity index is 604. The molecule has 1 aromatic carbocycles. The summed E-state index contributed by atoms with van der Waals surface area (Å²) in [6.45, 7) is 5.37. The van der Waals surface area contributed by atoms with Gasteiger partial charge in [0, 0.05) is 51.4 Å². The minimum atomic E-state index is -0.220. The first-order valence-corrected chi connectivity index (χ1v) is 8.96. The highest BCUT2D eigenvalue weighted by molar-refractivity contribution is 5.80. The van der Waals surface area contributed by atoms with E-state index in [0.717, 1.165) is 57.8 Å². The number of anilines is 1. The average Bonchev–Trinajstić information content (AvgIpc) is 3.17. The van der Waals surface area contributed by atoms with E-state index in [4.69, 9.17) is 5.73 Å². The fraction of sp³-hybridized carbons (Fsp3) is 0.556. The van der Waals surface area contributed by atoms with E-state index < -0.39 is 0 Å². The normalized spacial score (nSPS) is 18.8. The Labute approximate surface area is 148 Å². The Hall–Kier alpha value is -2.31. The highest BCUT2D eigenvalue weighted by Gasteiger charge is 2.19. The number of benzene rings is 1. The van der Waals surface area contributed by atoms with Gasteiger partial charge in [-0.15, -0.1) is 0 Å². The summed E-state index contributed by atoms with van der Waals surface area (Å²) in [7, 11) is 0. The third-order valence-corrected chi connectivity index (χ3v) is 4.85. The predicted molar refractivity (Wildman–Crippen MR) is 97.1 cm³/mol. The maximum atomic E-state index is 13.0. The molecule has 0 atom stereocenters. The molecule has 7 heteroatoms. The Kier molecular flexibility index (Phi) is 5.73. The van der Waals surface area contributed by atoms with Gasteiger partial charge in [-0.25, -0.2) is 4.39 Å². The standard InChI is InChI=1S/C18H26FN5O/c19-15-3-5-16(6-4-15)22-11-13-24(14-12-22)18(20)21-8-7-17(25)23-9-1-2-10-23/h3-6H,1-2,7-14H2,(H2,20,21). The molecule has 1 aromatic rings. The summed E-state index contributed by atoms with van der Waals surface area (Å²) >= 11 is 0. The molecule has 0 radical (unpaired) electrons. The van der Waals surface area contributed by atoms with Crippen molar-refractivity contribution >= 4 is 17.6 Å². The van der Waals surface area contributed by atoms with E-state index in [-0.39, 0.29) is 11.7 Å². The summed E-state index contributed by atoms with van der Waals surface area (Å²) in [5, 5.41) is 0. The molecule has 3 rings (SSSR count). The van der Waals surface area contributed by atoms with Crippen molar-refractivity contribution in [3.8, 4) is 0 Å². The summed E-state index contributed by atoms with van der Waals surface area (Å²) < 4.78 is 13.0. The highest BCUT2D eigenvalue weighted by atomic mass is 19.1. The van der Waals surface area contributed by atoms with Crippen LogP contribution >= 0.6 is 0 Å². The van der Waals surface area contributed by atoms with Crippen LogP contribution in [-0.4, -0.2) is 67.5 Å². The molecular formula is C18H26FN5O. The number of halogens is 1. The number of amides is 1. The molecule has 2 saturated heterocycles. The van der Waals surface area contributed by atoms with Crippen molar-refractivity contribution in [3.63, 3.8) is 0 Å². The van der Waals surface area contributed by atoms with Crippen LogP contribution in [0.5, 0.6) is 0 Å². The Morgan fingerprint density at radius 3 is 2.28 bits per heavy atom. The number of guanidine groups is 1. The maximum Gasteiger partial charge on any atom is 0.224 e. The molecule has 0 saturated carbocycles. The second-order valence-electron chi connectivity index (χ2n) is 6.53. The van der Waals surface area contributed by atoms with Crippen molar-refractivity contribution in [3.05, 3.63) is 30.1 Å². The number of carbonyl (C=O) groups excluding carboxylic acids is 1. The van der Waals surface area contributed by atoms with Crippen LogP contribution in [0.15, 0.2) is 29.3 Å². The van der Waals surface area contributed by atoms with Gasteiger partial charge in [0.1, 0.15) is 5.82 Å². The van der Waals surface area contributed by atoms with E-state index >= 15 is 0 Å². The summed E-state index contributed by atoms with van der Waals surface area (Å²) in [6.07, 6.45) is 2.64. The number of hydrogen-bond donors (Lipinski definition) is 1. The van der Waals surface area contributed by atoms with Crippen LogP contribution in [0.2, 0.25) is 0 Å². The first-order valence-electron chi connectivity index (χ1n) is 8.96. The van der Waals surface area contributed by atoms with E-state index in [1.165, 1.54) is 12.1 Å². The summed E-state index contributed by atoms with van der Waals surface area (Å²) in [4.78, 5) is 22.5. The molecule has 25 heavy (non-hydrogen) atoms. The van der Waals surface area contributed by atoms with Gasteiger partial charge in [0.15, 0.2) is 5.96 Å². The minimum absolute atomic E-state index is 0.176. The predicted octanol–water partition coefficient (Wildman–Crippen LogP) is 1.27. The lowest BCUT2D eigenvalue weighted by Crippen LogP contribution is -2.51. The number of nitrogens with two attached hydrogens (primary N) is 1. The lowest BCUT2D eigenvalue weighted by atomic mass is 10.2. The van der Waals surface area contributed by atoms with Gasteiger partial charge < -0.3 is 20.4 Å². The van der Waals surface area contributed by atoms with E-state index in [1.54, 1.807) is 12.1 Å². The fourth-order valence-electron chi connectivity index (χ4n) is 3.34. The molecule has 1 amide bonds. The quantitative estimate of drug-likeness (QED) is 0.658. The minimum Gasteiger partial charge on any atom is -0.370 e. The maximum absolute atomic E-state index is 13.0. The summed E-state index contributed by atoms with van der Waals surface area (Å²) in [6, 6.07) is 6.56. The van der Waals surface area contributed by atoms with Crippen LogP contribution in [-0.2, 0) is 4.79 Å². The van der Waals surface area contributed by atoms with Crippen molar-refractivity contribution in [1.82, 2.24) is 9.80 Å². The van der Waals surface area contributed by atoms with Crippen LogP contribution in [0.3, 0.4) is 0 Å². The van der Waals surface area contributed by atoms with E-state index in [0.29, 0.717) is 18.9 Å². The monoisotopic (exact) mass is 347 g/mol. The Balaban J connectivity index is 1.43. The van der Waals surface area contributed by atoms with Crippen LogP contribution in [0.1, 0.15) is 19.3 Å². The zero-order valence-corrected chi connectivity index (χ0v) is 14.5. The van der Waals surface area contributed by atoms with Gasteiger partial charge in [-0.3, -0.25) is 9.79 Å². The van der Waals surface area contributed by atoms with Gasteiger partial charge >= 0.3 is 0 Å². The van der Waals surface area contributed by atoms with Gasteiger partial charge in [0.25, 0.3) is 0 Å². The molecule has 0 unspecified atom stereocenters. The molecule has 0 aromatic heterocycles. The number of piperazine rings is 1. The second kappa shape index (κ2) is 8.18. The average molecular weight is 347 g/mol. The summed E-state index contributed by atoms with van der Waals surface area (Å²) in [5.74, 6) is 0.463. The lowest BCUT2D eigenvalue weighted by molar-refractivity contribution is -0.129. The number of nitrogens with zero attached hydrogens (tertiary/aromatic N) is 4. The molecule has 0 aliphatic carbocycles. The smallest absolute Gasteiger partial charge is 0.224 e. The number of aliphatic imine (C=N–C) groups is 1. The molecule has 0 bridgehead atoms. The molecule has 136 valence electrons. The van der Waals surface area contributed by atoms with E-state index in [2.05, 4.69) is 9.89 Å². The van der Waals surface area contributed by atoms with Crippen LogP contribution in [0, 0.1) is 5.82 Å². The molecule has 0 spiro atoms. The molecule has 2 aliphatic rings. The van der Waals surface area contributed by atoms with Crippen LogP contribution < -0.4 is 10.6 Å². The van der Waals surface area contributed by atoms with Gasteiger partial charge in [-0.05, 0) is 37.1 Å². The zero-order chi connectivity index (χ0) is 17.6.